The summed E-state index contributed by atoms with van der Waals surface area (Å²) in [7, 11) is -1.80. The summed E-state index contributed by atoms with van der Waals surface area (Å²) < 4.78 is 28.5. The first kappa shape index (κ1) is 17.9. The normalized spacial score (nSPS) is 13.9. The number of thioether (sulfide) groups is 1. The Hall–Kier alpha value is -0.170. The number of rotatable bonds is 8. The van der Waals surface area contributed by atoms with E-state index in [4.69, 9.17) is 11.6 Å². The highest BCUT2D eigenvalue weighted by molar-refractivity contribution is 7.98. The SMILES string of the molecule is CCn1cc(S(=O)(=O)N(C)C(C)CCSC)cc1CCl. The largest absolute Gasteiger partial charge is 0.349 e. The first-order valence-corrected chi connectivity index (χ1v) is 9.97. The van der Waals surface area contributed by atoms with Crippen molar-refractivity contribution < 1.29 is 8.42 Å². The highest BCUT2D eigenvalue weighted by Crippen LogP contribution is 2.22. The number of hydrogen-bond donors (Lipinski definition) is 0. The summed E-state index contributed by atoms with van der Waals surface area (Å²) in [6.45, 7) is 4.62. The van der Waals surface area contributed by atoms with Gasteiger partial charge in [-0.2, -0.15) is 16.1 Å². The van der Waals surface area contributed by atoms with Gasteiger partial charge in [0.25, 0.3) is 0 Å². The molecule has 0 N–H and O–H groups in total. The van der Waals surface area contributed by atoms with Crippen molar-refractivity contribution in [1.29, 1.82) is 0 Å². The van der Waals surface area contributed by atoms with E-state index >= 15 is 0 Å². The van der Waals surface area contributed by atoms with Crippen molar-refractivity contribution in [2.24, 2.45) is 0 Å². The van der Waals surface area contributed by atoms with Gasteiger partial charge in [-0.3, -0.25) is 0 Å². The molecule has 0 saturated carbocycles. The van der Waals surface area contributed by atoms with Crippen LogP contribution in [0.15, 0.2) is 17.2 Å². The molecule has 20 heavy (non-hydrogen) atoms. The van der Waals surface area contributed by atoms with Gasteiger partial charge in [0, 0.05) is 31.5 Å². The number of alkyl halides is 1. The van der Waals surface area contributed by atoms with Crippen LogP contribution < -0.4 is 0 Å². The molecule has 0 spiro atoms. The summed E-state index contributed by atoms with van der Waals surface area (Å²) in [5.74, 6) is 1.26. The summed E-state index contributed by atoms with van der Waals surface area (Å²) in [5.41, 5.74) is 0.831. The molecular weight excluding hydrogens is 316 g/mol. The van der Waals surface area contributed by atoms with Gasteiger partial charge in [-0.15, -0.1) is 11.6 Å². The van der Waals surface area contributed by atoms with E-state index in [2.05, 4.69) is 0 Å². The van der Waals surface area contributed by atoms with Crippen LogP contribution in [-0.2, 0) is 22.4 Å². The van der Waals surface area contributed by atoms with Gasteiger partial charge in [-0.05, 0) is 38.3 Å². The highest BCUT2D eigenvalue weighted by atomic mass is 35.5. The number of sulfonamides is 1. The Kier molecular flexibility index (Phi) is 6.91. The fourth-order valence-electron chi connectivity index (χ4n) is 1.95. The summed E-state index contributed by atoms with van der Waals surface area (Å²) >= 11 is 7.58. The minimum Gasteiger partial charge on any atom is -0.349 e. The molecular formula is C13H23ClN2O2S2. The van der Waals surface area contributed by atoms with E-state index in [0.717, 1.165) is 17.9 Å². The maximum Gasteiger partial charge on any atom is 0.244 e. The molecule has 0 radical (unpaired) electrons. The lowest BCUT2D eigenvalue weighted by Crippen LogP contribution is -2.35. The second-order valence-corrected chi connectivity index (χ2v) is 7.99. The predicted molar refractivity (Wildman–Crippen MR) is 87.1 cm³/mol. The second-order valence-electron chi connectivity index (χ2n) is 4.74. The molecule has 0 aliphatic carbocycles. The van der Waals surface area contributed by atoms with Crippen molar-refractivity contribution in [2.75, 3.05) is 19.1 Å². The molecule has 0 amide bonds. The number of aryl methyl sites for hydroxylation is 1. The topological polar surface area (TPSA) is 42.3 Å². The summed E-state index contributed by atoms with van der Waals surface area (Å²) in [6.07, 6.45) is 4.54. The van der Waals surface area contributed by atoms with Gasteiger partial charge in [0.15, 0.2) is 0 Å². The number of halogens is 1. The average Bonchev–Trinajstić information content (AvgIpc) is 2.87. The third kappa shape index (κ3) is 3.93. The van der Waals surface area contributed by atoms with Crippen LogP contribution in [-0.4, -0.2) is 42.4 Å². The Morgan fingerprint density at radius 3 is 2.60 bits per heavy atom. The molecule has 1 unspecified atom stereocenters. The zero-order chi connectivity index (χ0) is 15.3. The third-order valence-corrected chi connectivity index (χ3v) is 6.33. The zero-order valence-corrected chi connectivity index (χ0v) is 14.9. The van der Waals surface area contributed by atoms with Crippen LogP contribution in [0.3, 0.4) is 0 Å². The van der Waals surface area contributed by atoms with Gasteiger partial charge in [-0.25, -0.2) is 8.42 Å². The molecule has 1 aromatic rings. The molecule has 0 aromatic carbocycles. The van der Waals surface area contributed by atoms with Crippen molar-refractivity contribution >= 4 is 33.4 Å². The molecule has 1 aromatic heterocycles. The quantitative estimate of drug-likeness (QED) is 0.684. The molecule has 0 aliphatic rings. The first-order valence-electron chi connectivity index (χ1n) is 6.60. The fourth-order valence-corrected chi connectivity index (χ4v) is 4.21. The van der Waals surface area contributed by atoms with Gasteiger partial charge in [0.05, 0.1) is 5.88 Å². The van der Waals surface area contributed by atoms with Crippen LogP contribution >= 0.6 is 23.4 Å². The molecule has 0 bridgehead atoms. The smallest absolute Gasteiger partial charge is 0.244 e. The number of aromatic nitrogens is 1. The lowest BCUT2D eigenvalue weighted by atomic mass is 10.3. The van der Waals surface area contributed by atoms with Crippen LogP contribution in [0.1, 0.15) is 26.0 Å². The Morgan fingerprint density at radius 2 is 2.15 bits per heavy atom. The molecule has 1 atom stereocenters. The summed E-state index contributed by atoms with van der Waals surface area (Å²) in [4.78, 5) is 0.327. The van der Waals surface area contributed by atoms with E-state index in [0.29, 0.717) is 17.3 Å². The van der Waals surface area contributed by atoms with E-state index in [-0.39, 0.29) is 6.04 Å². The van der Waals surface area contributed by atoms with Crippen molar-refractivity contribution in [2.45, 2.75) is 43.6 Å². The van der Waals surface area contributed by atoms with Crippen LogP contribution in [0.4, 0.5) is 0 Å². The van der Waals surface area contributed by atoms with Crippen LogP contribution in [0.25, 0.3) is 0 Å². The van der Waals surface area contributed by atoms with Gasteiger partial charge in [0.1, 0.15) is 4.90 Å². The van der Waals surface area contributed by atoms with Crippen LogP contribution in [0.2, 0.25) is 0 Å². The molecule has 1 rings (SSSR count). The van der Waals surface area contributed by atoms with Gasteiger partial charge >= 0.3 is 0 Å². The maximum absolute atomic E-state index is 12.6. The highest BCUT2D eigenvalue weighted by Gasteiger charge is 2.26. The molecule has 4 nitrogen and oxygen atoms in total. The summed E-state index contributed by atoms with van der Waals surface area (Å²) in [6, 6.07) is 1.65. The van der Waals surface area contributed by atoms with Gasteiger partial charge in [-0.1, -0.05) is 0 Å². The second kappa shape index (κ2) is 7.73. The van der Waals surface area contributed by atoms with E-state index in [1.807, 2.05) is 24.7 Å². The van der Waals surface area contributed by atoms with E-state index in [1.165, 1.54) is 4.31 Å². The Morgan fingerprint density at radius 1 is 1.50 bits per heavy atom. The number of hydrogen-bond acceptors (Lipinski definition) is 3. The van der Waals surface area contributed by atoms with E-state index < -0.39 is 10.0 Å². The first-order chi connectivity index (χ1) is 9.38. The average molecular weight is 339 g/mol. The molecule has 0 aliphatic heterocycles. The van der Waals surface area contributed by atoms with Gasteiger partial charge < -0.3 is 4.57 Å². The number of nitrogens with zero attached hydrogens (tertiary/aromatic N) is 2. The zero-order valence-electron chi connectivity index (χ0n) is 12.5. The van der Waals surface area contributed by atoms with Crippen molar-refractivity contribution in [3.63, 3.8) is 0 Å². The van der Waals surface area contributed by atoms with E-state index in [1.54, 1.807) is 31.1 Å². The van der Waals surface area contributed by atoms with Crippen molar-refractivity contribution in [3.8, 4) is 0 Å². The Bertz CT molecular complexity index is 507. The predicted octanol–water partition coefficient (Wildman–Crippen LogP) is 3.01. The fraction of sp³-hybridized carbons (Fsp3) is 0.692. The lowest BCUT2D eigenvalue weighted by molar-refractivity contribution is 0.382. The van der Waals surface area contributed by atoms with E-state index in [9.17, 15) is 8.42 Å². The molecule has 1 heterocycles. The third-order valence-electron chi connectivity index (χ3n) is 3.48. The lowest BCUT2D eigenvalue weighted by Gasteiger charge is -2.23. The Labute approximate surface area is 131 Å². The van der Waals surface area contributed by atoms with Crippen molar-refractivity contribution in [3.05, 3.63) is 18.0 Å². The molecule has 0 saturated heterocycles. The van der Waals surface area contributed by atoms with Crippen LogP contribution in [0.5, 0.6) is 0 Å². The molecule has 116 valence electrons. The monoisotopic (exact) mass is 338 g/mol. The minimum absolute atomic E-state index is 0.0168. The maximum atomic E-state index is 12.6. The summed E-state index contributed by atoms with van der Waals surface area (Å²) in [5, 5.41) is 0. The molecule has 7 heteroatoms. The van der Waals surface area contributed by atoms with Gasteiger partial charge in [0.2, 0.25) is 10.0 Å². The Balaban J connectivity index is 3.00. The standard InChI is InChI=1S/C13H23ClN2O2S2/c1-5-16-10-13(8-12(16)9-14)20(17,18)15(3)11(2)6-7-19-4/h8,10-11H,5-7,9H2,1-4H3. The van der Waals surface area contributed by atoms with Crippen LogP contribution in [0, 0.1) is 0 Å². The van der Waals surface area contributed by atoms with Crippen molar-refractivity contribution in [1.82, 2.24) is 8.87 Å². The molecule has 0 fully saturated rings. The minimum atomic E-state index is -3.45.